The predicted molar refractivity (Wildman–Crippen MR) is 48.5 cm³/mol. The summed E-state index contributed by atoms with van der Waals surface area (Å²) < 4.78 is 0. The first-order valence-electron chi connectivity index (χ1n) is 2.64. The molecular formula is C5H16Cl2Si. The summed E-state index contributed by atoms with van der Waals surface area (Å²) in [4.78, 5) is 0. The van der Waals surface area contributed by atoms with Crippen molar-refractivity contribution in [1.29, 1.82) is 0 Å². The Bertz CT molecular complexity index is 31.4. The molecule has 0 atom stereocenters. The van der Waals surface area contributed by atoms with Crippen molar-refractivity contribution in [3.8, 4) is 0 Å². The number of hydrogen-bond acceptors (Lipinski definition) is 0. The summed E-state index contributed by atoms with van der Waals surface area (Å²) in [5.41, 5.74) is 0.991. The van der Waals surface area contributed by atoms with E-state index >= 15 is 0 Å². The van der Waals surface area contributed by atoms with Crippen LogP contribution >= 0.6 is 24.8 Å². The van der Waals surface area contributed by atoms with Crippen LogP contribution in [0.3, 0.4) is 0 Å². The molecule has 0 aromatic rings. The Labute approximate surface area is 66.5 Å². The van der Waals surface area contributed by atoms with Gasteiger partial charge in [0.1, 0.15) is 0 Å². The minimum Gasteiger partial charge on any atom is -0.147 e. The van der Waals surface area contributed by atoms with Gasteiger partial charge >= 0.3 is 0 Å². The summed E-state index contributed by atoms with van der Waals surface area (Å²) in [6, 6.07) is 0. The largest absolute Gasteiger partial charge is 0.147 e. The van der Waals surface area contributed by atoms with Crippen LogP contribution in [0.25, 0.3) is 0 Å². The van der Waals surface area contributed by atoms with Crippen molar-refractivity contribution in [3.05, 3.63) is 0 Å². The molecule has 0 bridgehead atoms. The minimum absolute atomic E-state index is 0. The molecule has 0 rings (SSSR count). The third-order valence-corrected chi connectivity index (χ3v) is 4.00. The van der Waals surface area contributed by atoms with Crippen molar-refractivity contribution >= 4 is 33.6 Å². The first kappa shape index (κ1) is 15.9. The molecule has 54 valence electrons. The van der Waals surface area contributed by atoms with E-state index in [1.165, 1.54) is 0 Å². The van der Waals surface area contributed by atoms with Crippen molar-refractivity contribution in [2.75, 3.05) is 0 Å². The molecule has 0 unspecified atom stereocenters. The average Bonchev–Trinajstić information content (AvgIpc) is 1.36. The fourth-order valence-corrected chi connectivity index (χ4v) is 0. The Balaban J connectivity index is -0.000000125. The maximum atomic E-state index is 2.38. The SMILES string of the molecule is CC(C)[SiH](C)C.Cl.Cl. The van der Waals surface area contributed by atoms with Gasteiger partial charge in [-0.15, -0.1) is 24.8 Å². The first-order chi connectivity index (χ1) is 2.64. The van der Waals surface area contributed by atoms with E-state index < -0.39 is 0 Å². The molecule has 0 aliphatic rings. The molecule has 0 saturated carbocycles. The number of hydrogen-bond donors (Lipinski definition) is 0. The highest BCUT2D eigenvalue weighted by Crippen LogP contribution is 2.04. The van der Waals surface area contributed by atoms with Crippen LogP contribution in [0.15, 0.2) is 0 Å². The lowest BCUT2D eigenvalue weighted by molar-refractivity contribution is 1.04. The van der Waals surface area contributed by atoms with E-state index in [1.54, 1.807) is 0 Å². The summed E-state index contributed by atoms with van der Waals surface area (Å²) in [5, 5.41) is 0. The van der Waals surface area contributed by atoms with E-state index in [-0.39, 0.29) is 33.6 Å². The standard InChI is InChI=1S/C5H14Si.2ClH/c1-5(2)6(3)4;;/h5-6H,1-4H3;2*1H. The summed E-state index contributed by atoms with van der Waals surface area (Å²) in [5.74, 6) is 0. The van der Waals surface area contributed by atoms with Gasteiger partial charge in [-0.2, -0.15) is 0 Å². The van der Waals surface area contributed by atoms with Gasteiger partial charge in [-0.05, 0) is 0 Å². The highest BCUT2D eigenvalue weighted by molar-refractivity contribution is 6.57. The number of halogens is 2. The molecular weight excluding hydrogens is 159 g/mol. The third-order valence-electron chi connectivity index (χ3n) is 1.33. The molecule has 0 aliphatic carbocycles. The van der Waals surface area contributed by atoms with Gasteiger partial charge in [0.2, 0.25) is 0 Å². The summed E-state index contributed by atoms with van der Waals surface area (Å²) >= 11 is 0. The predicted octanol–water partition coefficient (Wildman–Crippen LogP) is 2.73. The lowest BCUT2D eigenvalue weighted by Crippen LogP contribution is -2.03. The molecule has 3 heteroatoms. The molecule has 0 aromatic carbocycles. The second-order valence-electron chi connectivity index (χ2n) is 2.49. The van der Waals surface area contributed by atoms with E-state index in [0.717, 1.165) is 5.54 Å². The molecule has 0 saturated heterocycles. The minimum atomic E-state index is -0.244. The smallest absolute Gasteiger partial charge is 0.0331 e. The topological polar surface area (TPSA) is 0 Å². The first-order valence-corrected chi connectivity index (χ1v) is 5.62. The van der Waals surface area contributed by atoms with Crippen molar-refractivity contribution < 1.29 is 0 Å². The van der Waals surface area contributed by atoms with Crippen LogP contribution in [0.2, 0.25) is 18.6 Å². The summed E-state index contributed by atoms with van der Waals surface area (Å²) in [7, 11) is -0.244. The lowest BCUT2D eigenvalue weighted by atomic mass is 10.6. The zero-order valence-electron chi connectivity index (χ0n) is 5.97. The fraction of sp³-hybridized carbons (Fsp3) is 1.00. The summed E-state index contributed by atoms with van der Waals surface area (Å²) in [6.07, 6.45) is 0. The van der Waals surface area contributed by atoms with Crippen LogP contribution in [0, 0.1) is 0 Å². The molecule has 0 radical (unpaired) electrons. The van der Waals surface area contributed by atoms with Gasteiger partial charge < -0.3 is 0 Å². The molecule has 0 aromatic heterocycles. The zero-order chi connectivity index (χ0) is 5.15. The Morgan fingerprint density at radius 2 is 1.12 bits per heavy atom. The molecule has 0 aliphatic heterocycles. The molecule has 0 N–H and O–H groups in total. The quantitative estimate of drug-likeness (QED) is 0.537. The van der Waals surface area contributed by atoms with Crippen LogP contribution in [0.1, 0.15) is 13.8 Å². The maximum absolute atomic E-state index is 2.38. The van der Waals surface area contributed by atoms with E-state index in [9.17, 15) is 0 Å². The van der Waals surface area contributed by atoms with Gasteiger partial charge in [-0.25, -0.2) is 0 Å². The summed E-state index contributed by atoms with van der Waals surface area (Å²) in [6.45, 7) is 9.36. The van der Waals surface area contributed by atoms with Crippen molar-refractivity contribution in [2.24, 2.45) is 0 Å². The molecule has 0 fully saturated rings. The van der Waals surface area contributed by atoms with E-state index in [2.05, 4.69) is 26.9 Å². The van der Waals surface area contributed by atoms with Gasteiger partial charge in [0.25, 0.3) is 0 Å². The average molecular weight is 175 g/mol. The maximum Gasteiger partial charge on any atom is 0.0331 e. The second kappa shape index (κ2) is 7.80. The lowest BCUT2D eigenvalue weighted by Gasteiger charge is -2.03. The number of rotatable bonds is 1. The molecule has 0 spiro atoms. The Morgan fingerprint density at radius 1 is 1.00 bits per heavy atom. The normalized spacial score (nSPS) is 8.25. The molecule has 0 amide bonds. The Morgan fingerprint density at radius 3 is 1.12 bits per heavy atom. The van der Waals surface area contributed by atoms with Gasteiger partial charge in [0.05, 0.1) is 0 Å². The fourth-order valence-electron chi connectivity index (χ4n) is 0. The van der Waals surface area contributed by atoms with Crippen molar-refractivity contribution in [3.63, 3.8) is 0 Å². The Kier molecular flexibility index (Phi) is 15.5. The molecule has 8 heavy (non-hydrogen) atoms. The van der Waals surface area contributed by atoms with Crippen molar-refractivity contribution in [2.45, 2.75) is 32.5 Å². The highest BCUT2D eigenvalue weighted by Gasteiger charge is 1.97. The van der Waals surface area contributed by atoms with Gasteiger partial charge in [-0.1, -0.05) is 32.5 Å². The van der Waals surface area contributed by atoms with Gasteiger partial charge in [0, 0.05) is 8.80 Å². The van der Waals surface area contributed by atoms with Crippen LogP contribution < -0.4 is 0 Å². The van der Waals surface area contributed by atoms with Crippen molar-refractivity contribution in [1.82, 2.24) is 0 Å². The van der Waals surface area contributed by atoms with Crippen LogP contribution in [0.4, 0.5) is 0 Å². The monoisotopic (exact) mass is 174 g/mol. The zero-order valence-corrected chi connectivity index (χ0v) is 8.76. The molecule has 0 heterocycles. The Hall–Kier alpha value is 0.797. The second-order valence-corrected chi connectivity index (χ2v) is 6.31. The van der Waals surface area contributed by atoms with E-state index in [4.69, 9.17) is 0 Å². The van der Waals surface area contributed by atoms with Crippen LogP contribution in [-0.4, -0.2) is 8.80 Å². The van der Waals surface area contributed by atoms with Crippen LogP contribution in [0.5, 0.6) is 0 Å². The van der Waals surface area contributed by atoms with Gasteiger partial charge in [0.15, 0.2) is 0 Å². The van der Waals surface area contributed by atoms with E-state index in [1.807, 2.05) is 0 Å². The molecule has 0 nitrogen and oxygen atoms in total. The highest BCUT2D eigenvalue weighted by atomic mass is 35.5. The van der Waals surface area contributed by atoms with E-state index in [0.29, 0.717) is 0 Å². The van der Waals surface area contributed by atoms with Gasteiger partial charge in [-0.3, -0.25) is 0 Å². The third kappa shape index (κ3) is 9.93. The van der Waals surface area contributed by atoms with Crippen LogP contribution in [-0.2, 0) is 0 Å².